The first-order chi connectivity index (χ1) is 13.9. The maximum Gasteiger partial charge on any atom is 0.315 e. The number of carbonyl (C=O) groups excluding carboxylic acids is 4. The van der Waals surface area contributed by atoms with E-state index in [4.69, 9.17) is 12.6 Å². The van der Waals surface area contributed by atoms with Gasteiger partial charge in [0.1, 0.15) is 0 Å². The second-order valence-corrected chi connectivity index (χ2v) is 4.90. The van der Waals surface area contributed by atoms with Crippen LogP contribution < -0.4 is 16.0 Å². The number of amides is 3. The Morgan fingerprint density at radius 1 is 1.04 bits per heavy atom. The molecule has 2 unspecified atom stereocenters. The van der Waals surface area contributed by atoms with Crippen LogP contribution in [0.5, 0.6) is 0 Å². The van der Waals surface area contributed by atoms with E-state index in [1.54, 1.807) is 6.92 Å². The highest BCUT2D eigenvalue weighted by Gasteiger charge is 1.97. The van der Waals surface area contributed by atoms with Crippen LogP contribution in [0.2, 0.25) is 0 Å². The van der Waals surface area contributed by atoms with Crippen molar-refractivity contribution >= 4 is 70.5 Å². The summed E-state index contributed by atoms with van der Waals surface area (Å²) in [7, 11) is 10.2. The van der Waals surface area contributed by atoms with E-state index in [0.717, 1.165) is 0 Å². The lowest BCUT2D eigenvalue weighted by Crippen LogP contribution is -2.27. The predicted molar refractivity (Wildman–Crippen MR) is 125 cm³/mol. The Kier molecular flexibility index (Phi) is 45.1. The number of hydrogen-bond donors (Lipinski definition) is 4. The molecule has 0 aromatic carbocycles. The SMILES string of the molecule is CCCP.CCNC(=O)[B]P.[2H]C(=O)O.[2H]C(=O)[B]C(=O)NCC.[B]C(=O)NCC. The number of carboxylic acid groups (broad SMARTS) is 1. The summed E-state index contributed by atoms with van der Waals surface area (Å²) in [4.78, 5) is 48.8. The van der Waals surface area contributed by atoms with Gasteiger partial charge in [0.05, 0.1) is 7.53 Å². The zero-order chi connectivity index (χ0) is 25.0. The predicted octanol–water partition coefficient (Wildman–Crippen LogP) is 0.677. The van der Waals surface area contributed by atoms with Gasteiger partial charge in [0.25, 0.3) is 13.4 Å². The molecule has 2 atom stereocenters. The largest absolute Gasteiger partial charge is 0.483 e. The molecule has 0 fully saturated rings. The minimum atomic E-state index is -1.58. The topological polar surface area (TPSA) is 142 Å². The van der Waals surface area contributed by atoms with E-state index < -0.39 is 24.2 Å². The summed E-state index contributed by atoms with van der Waals surface area (Å²) in [5.74, 6) is -0.998. The Bertz CT molecular complexity index is 465. The first kappa shape index (κ1) is 31.3. The molecule has 158 valence electrons. The maximum absolute atomic E-state index is 10.3. The van der Waals surface area contributed by atoms with Crippen LogP contribution in [0, 0.1) is 0 Å². The fraction of sp³-hybridized carbons (Fsp3) is 0.643. The molecule has 0 saturated carbocycles. The average molecular weight is 435 g/mol. The van der Waals surface area contributed by atoms with Crippen molar-refractivity contribution in [2.24, 2.45) is 0 Å². The van der Waals surface area contributed by atoms with Gasteiger partial charge >= 0.3 is 7.28 Å². The molecule has 0 aliphatic carbocycles. The second-order valence-electron chi connectivity index (χ2n) is 3.99. The Balaban J connectivity index is -0.0000000901. The van der Waals surface area contributed by atoms with Gasteiger partial charge in [-0.2, -0.15) is 9.12 Å². The van der Waals surface area contributed by atoms with Crippen LogP contribution in [0.3, 0.4) is 0 Å². The van der Waals surface area contributed by atoms with Crippen molar-refractivity contribution in [1.29, 1.82) is 0 Å². The zero-order valence-corrected chi connectivity index (χ0v) is 19.2. The van der Waals surface area contributed by atoms with E-state index in [0.29, 0.717) is 26.9 Å². The van der Waals surface area contributed by atoms with E-state index in [9.17, 15) is 19.2 Å². The molecule has 4 N–H and O–H groups in total. The fourth-order valence-corrected chi connectivity index (χ4v) is 0.804. The quantitative estimate of drug-likeness (QED) is 0.264. The summed E-state index contributed by atoms with van der Waals surface area (Å²) in [6, 6.07) is 0. The molecule has 0 aliphatic rings. The van der Waals surface area contributed by atoms with Crippen LogP contribution in [-0.2, 0) is 9.59 Å². The molecule has 14 heteroatoms. The first-order valence-electron chi connectivity index (χ1n) is 9.28. The second kappa shape index (κ2) is 40.3. The molecule has 0 saturated heterocycles. The van der Waals surface area contributed by atoms with Gasteiger partial charge in [-0.3, -0.25) is 19.2 Å². The Hall–Kier alpha value is -1.40. The van der Waals surface area contributed by atoms with Gasteiger partial charge < -0.3 is 25.9 Å². The summed E-state index contributed by atoms with van der Waals surface area (Å²) in [5, 5.41) is 14.4. The number of hydrogen-bond acceptors (Lipinski definition) is 5. The van der Waals surface area contributed by atoms with Gasteiger partial charge in [-0.25, -0.2) is 0 Å². The van der Waals surface area contributed by atoms with Crippen LogP contribution in [-0.4, -0.2) is 83.1 Å². The first-order valence-corrected chi connectivity index (χ1v) is 9.76. The lowest BCUT2D eigenvalue weighted by molar-refractivity contribution is -0.122. The van der Waals surface area contributed by atoms with Gasteiger partial charge in [0.2, 0.25) is 0 Å². The molecule has 28 heavy (non-hydrogen) atoms. The average Bonchev–Trinajstić information content (AvgIpc) is 2.62. The Labute approximate surface area is 178 Å². The van der Waals surface area contributed by atoms with Gasteiger partial charge in [0.15, 0.2) is 26.6 Å². The van der Waals surface area contributed by atoms with Crippen molar-refractivity contribution in [3.63, 3.8) is 0 Å². The lowest BCUT2D eigenvalue weighted by atomic mass is 9.80. The molecular weight excluding hydrogens is 401 g/mol. The molecule has 0 heterocycles. The van der Waals surface area contributed by atoms with Crippen LogP contribution in [0.4, 0.5) is 14.4 Å². The zero-order valence-electron chi connectivity index (χ0n) is 18.9. The molecule has 9 nitrogen and oxygen atoms in total. The summed E-state index contributed by atoms with van der Waals surface area (Å²) in [6.07, 6.45) is -0.0362. The van der Waals surface area contributed by atoms with Gasteiger partial charge in [0, 0.05) is 19.6 Å². The van der Waals surface area contributed by atoms with E-state index >= 15 is 0 Å². The van der Waals surface area contributed by atoms with Crippen LogP contribution in [0.15, 0.2) is 0 Å². The lowest BCUT2D eigenvalue weighted by Gasteiger charge is -1.93. The number of carbonyl (C=O) groups is 5. The van der Waals surface area contributed by atoms with E-state index in [1.165, 1.54) is 19.6 Å². The third-order valence-electron chi connectivity index (χ3n) is 1.68. The molecule has 3 amide bonds. The van der Waals surface area contributed by atoms with Crippen LogP contribution >= 0.6 is 18.4 Å². The summed E-state index contributed by atoms with van der Waals surface area (Å²) >= 11 is 0. The third-order valence-corrected chi connectivity index (χ3v) is 2.56. The van der Waals surface area contributed by atoms with Crippen molar-refractivity contribution in [3.8, 4) is 0 Å². The Morgan fingerprint density at radius 2 is 1.39 bits per heavy atom. The number of nitrogens with one attached hydrogen (secondary N) is 3. The van der Waals surface area contributed by atoms with E-state index in [-0.39, 0.29) is 5.81 Å². The molecular formula is C14H32B3N3O6P2. The van der Waals surface area contributed by atoms with Crippen molar-refractivity contribution in [3.05, 3.63) is 0 Å². The highest BCUT2D eigenvalue weighted by atomic mass is 31.0. The summed E-state index contributed by atoms with van der Waals surface area (Å²) in [5.41, 5.74) is 0. The minimum Gasteiger partial charge on any atom is -0.483 e. The van der Waals surface area contributed by atoms with Gasteiger partial charge in [-0.05, 0) is 26.9 Å². The fourth-order valence-electron chi connectivity index (χ4n) is 0.686. The van der Waals surface area contributed by atoms with Crippen molar-refractivity contribution < 1.29 is 31.8 Å². The Morgan fingerprint density at radius 3 is 1.54 bits per heavy atom. The van der Waals surface area contributed by atoms with Gasteiger partial charge in [-0.1, -0.05) is 13.3 Å². The molecule has 0 aromatic heterocycles. The van der Waals surface area contributed by atoms with Crippen molar-refractivity contribution in [2.75, 3.05) is 25.8 Å². The maximum atomic E-state index is 10.3. The van der Waals surface area contributed by atoms with Crippen LogP contribution in [0.25, 0.3) is 0 Å². The highest BCUT2D eigenvalue weighted by Crippen LogP contribution is 1.81. The highest BCUT2D eigenvalue weighted by molar-refractivity contribution is 7.62. The third kappa shape index (κ3) is 74.1. The van der Waals surface area contributed by atoms with Crippen LogP contribution in [0.1, 0.15) is 36.9 Å². The molecule has 0 bridgehead atoms. The molecule has 0 aromatic rings. The summed E-state index contributed by atoms with van der Waals surface area (Å²) in [6.45, 7) is 10.8. The monoisotopic (exact) mass is 435 g/mol. The normalized spacial score (nSPS) is 8.21. The molecule has 0 aliphatic heterocycles. The summed E-state index contributed by atoms with van der Waals surface area (Å²) < 4.78 is 11.8. The van der Waals surface area contributed by atoms with E-state index in [1.807, 2.05) is 13.8 Å². The molecule has 0 spiro atoms. The van der Waals surface area contributed by atoms with Crippen molar-refractivity contribution in [1.82, 2.24) is 16.0 Å². The minimum absolute atomic E-state index is 0.0347. The van der Waals surface area contributed by atoms with E-state index in [2.05, 4.69) is 49.1 Å². The smallest absolute Gasteiger partial charge is 0.315 e. The number of rotatable bonds is 7. The molecule has 4 radical (unpaired) electrons. The van der Waals surface area contributed by atoms with Crippen molar-refractivity contribution in [2.45, 2.75) is 34.1 Å². The van der Waals surface area contributed by atoms with Gasteiger partial charge in [-0.15, -0.1) is 9.24 Å². The standard InChI is InChI=1S/C4H7BNO2.C3H8BNOP.C3H6BNO.C3H9P.CH2O2/c1-2-6-4(8)5-3-7;1-2-5-3(6)4-7;1-2-5-3(4)6;1-2-3-4;2-1-3/h3H,2H2,1H3,(H,6,8);2,7H2,1H3,(H,5,6);2H2,1H3,(H,5,6);2-4H2,1H3;1H,(H,2,3)/i3D;;;;1D. The molecule has 0 rings (SSSR count).